The van der Waals surface area contributed by atoms with Crippen molar-refractivity contribution < 1.29 is 23.8 Å². The van der Waals surface area contributed by atoms with Crippen molar-refractivity contribution in [2.75, 3.05) is 19.7 Å². The first kappa shape index (κ1) is 24.2. The van der Waals surface area contributed by atoms with Crippen molar-refractivity contribution in [2.45, 2.75) is 25.9 Å². The van der Waals surface area contributed by atoms with Gasteiger partial charge >= 0.3 is 5.97 Å². The highest BCUT2D eigenvalue weighted by Gasteiger charge is 2.48. The number of aliphatic carboxylic acids is 1. The number of fused-ring (bicyclic) bond motifs is 1. The van der Waals surface area contributed by atoms with Crippen molar-refractivity contribution in [3.63, 3.8) is 0 Å². The van der Waals surface area contributed by atoms with Crippen LogP contribution in [0.2, 0.25) is 0 Å². The number of ether oxygens (including phenoxy) is 1. The fourth-order valence-electron chi connectivity index (χ4n) is 4.02. The Morgan fingerprint density at radius 1 is 1.26 bits per heavy atom. The van der Waals surface area contributed by atoms with Crippen molar-refractivity contribution in [2.24, 2.45) is 5.92 Å². The molecule has 0 saturated carbocycles. The summed E-state index contributed by atoms with van der Waals surface area (Å²) in [6.07, 6.45) is 5.24. The Hall–Kier alpha value is -3.93. The Labute approximate surface area is 202 Å². The average molecular weight is 475 g/mol. The molecule has 0 amide bonds. The van der Waals surface area contributed by atoms with E-state index in [9.17, 15) is 14.4 Å². The number of carbonyl (C=O) groups is 2. The quantitative estimate of drug-likeness (QED) is 0.232. The van der Waals surface area contributed by atoms with Crippen LogP contribution in [0.15, 0.2) is 51.7 Å². The predicted octanol–water partition coefficient (Wildman–Crippen LogP) is 2.29. The second-order valence-electron chi connectivity index (χ2n) is 8.57. The summed E-state index contributed by atoms with van der Waals surface area (Å²) in [6.45, 7) is 4.54. The average Bonchev–Trinajstić information content (AvgIpc) is 3.60. The maximum atomic E-state index is 12.7. The number of rotatable bonds is 10. The van der Waals surface area contributed by atoms with E-state index < -0.39 is 24.0 Å². The van der Waals surface area contributed by atoms with Gasteiger partial charge in [0, 0.05) is 12.6 Å². The van der Waals surface area contributed by atoms with Gasteiger partial charge < -0.3 is 19.6 Å². The number of aryl methyl sites for hydroxylation is 2. The topological polar surface area (TPSA) is 128 Å². The number of hydrogen-bond donors (Lipinski definition) is 3. The summed E-state index contributed by atoms with van der Waals surface area (Å²) < 4.78 is 12.0. The lowest BCUT2D eigenvalue weighted by Gasteiger charge is -2.13. The first-order valence-electron chi connectivity index (χ1n) is 11.3. The van der Waals surface area contributed by atoms with Gasteiger partial charge in [0.1, 0.15) is 29.6 Å². The van der Waals surface area contributed by atoms with E-state index in [0.29, 0.717) is 34.6 Å². The zero-order chi connectivity index (χ0) is 25.1. The molecule has 0 bridgehead atoms. The van der Waals surface area contributed by atoms with E-state index in [-0.39, 0.29) is 24.4 Å². The van der Waals surface area contributed by atoms with Crippen LogP contribution in [0.5, 0.6) is 5.75 Å². The summed E-state index contributed by atoms with van der Waals surface area (Å²) in [5, 5.41) is 15.5. The lowest BCUT2D eigenvalue weighted by molar-refractivity contribution is -0.139. The van der Waals surface area contributed by atoms with Crippen molar-refractivity contribution in [3.05, 3.63) is 63.8 Å². The molecule has 180 valence electrons. The van der Waals surface area contributed by atoms with Gasteiger partial charge in [0.2, 0.25) is 0 Å². The SMILES string of the molecule is C#C[C@@H](C(=O)O)C1NC1C(=O)CNCCOc1cc(C)ccc1-c1cc(=O)c2cccc(C)c2o1. The number of benzene rings is 2. The van der Waals surface area contributed by atoms with Crippen LogP contribution in [-0.4, -0.2) is 48.6 Å². The molecule has 1 aliphatic heterocycles. The van der Waals surface area contributed by atoms with E-state index in [1.165, 1.54) is 6.07 Å². The van der Waals surface area contributed by atoms with Gasteiger partial charge in [0.25, 0.3) is 0 Å². The Morgan fingerprint density at radius 3 is 2.80 bits per heavy atom. The van der Waals surface area contributed by atoms with Gasteiger partial charge in [-0.15, -0.1) is 6.42 Å². The predicted molar refractivity (Wildman–Crippen MR) is 131 cm³/mol. The summed E-state index contributed by atoms with van der Waals surface area (Å²) >= 11 is 0. The normalized spacial score (nSPS) is 17.5. The molecule has 0 radical (unpaired) electrons. The fourth-order valence-corrected chi connectivity index (χ4v) is 4.02. The molecule has 0 aliphatic carbocycles. The van der Waals surface area contributed by atoms with Crippen LogP contribution in [0.1, 0.15) is 11.1 Å². The summed E-state index contributed by atoms with van der Waals surface area (Å²) in [6, 6.07) is 11.5. The second-order valence-corrected chi connectivity index (χ2v) is 8.57. The molecule has 1 aromatic heterocycles. The highest BCUT2D eigenvalue weighted by Crippen LogP contribution is 2.32. The maximum Gasteiger partial charge on any atom is 0.320 e. The number of ketones is 1. The Bertz CT molecular complexity index is 1390. The monoisotopic (exact) mass is 474 g/mol. The van der Waals surface area contributed by atoms with Gasteiger partial charge in [0.05, 0.1) is 29.6 Å². The molecule has 3 N–H and O–H groups in total. The van der Waals surface area contributed by atoms with E-state index in [1.54, 1.807) is 6.07 Å². The third-order valence-electron chi connectivity index (χ3n) is 5.96. The Kier molecular flexibility index (Phi) is 7.01. The number of hydrogen-bond acceptors (Lipinski definition) is 7. The lowest BCUT2D eigenvalue weighted by Crippen LogP contribution is -2.32. The first-order valence-corrected chi connectivity index (χ1v) is 11.3. The molecule has 2 aromatic carbocycles. The lowest BCUT2D eigenvalue weighted by atomic mass is 10.0. The van der Waals surface area contributed by atoms with Crippen LogP contribution in [0.3, 0.4) is 0 Å². The molecule has 4 rings (SSSR count). The van der Waals surface area contributed by atoms with Gasteiger partial charge in [-0.2, -0.15) is 0 Å². The van der Waals surface area contributed by atoms with Gasteiger partial charge in [0.15, 0.2) is 11.2 Å². The summed E-state index contributed by atoms with van der Waals surface area (Å²) in [4.78, 5) is 36.0. The first-order chi connectivity index (χ1) is 16.8. The summed E-state index contributed by atoms with van der Waals surface area (Å²) in [5.74, 6) is 0.894. The molecule has 1 fully saturated rings. The highest BCUT2D eigenvalue weighted by atomic mass is 16.5. The molecule has 35 heavy (non-hydrogen) atoms. The number of carbonyl (C=O) groups excluding carboxylic acids is 1. The third-order valence-corrected chi connectivity index (χ3v) is 5.96. The van der Waals surface area contributed by atoms with Crippen molar-refractivity contribution in [3.8, 4) is 29.4 Å². The number of Topliss-reactive ketones (excluding diaryl/α,β-unsaturated/α-hetero) is 1. The fraction of sp³-hybridized carbons (Fsp3) is 0.296. The van der Waals surface area contributed by atoms with Crippen LogP contribution in [0.4, 0.5) is 0 Å². The van der Waals surface area contributed by atoms with Crippen molar-refractivity contribution in [1.82, 2.24) is 10.6 Å². The smallest absolute Gasteiger partial charge is 0.320 e. The molecule has 8 nitrogen and oxygen atoms in total. The minimum absolute atomic E-state index is 0.0634. The number of carboxylic acid groups (broad SMARTS) is 1. The number of para-hydroxylation sites is 1. The van der Waals surface area contributed by atoms with E-state index in [0.717, 1.165) is 11.1 Å². The molecular formula is C27H26N2O6. The van der Waals surface area contributed by atoms with E-state index in [4.69, 9.17) is 20.7 Å². The molecule has 3 aromatic rings. The van der Waals surface area contributed by atoms with Crippen LogP contribution >= 0.6 is 0 Å². The largest absolute Gasteiger partial charge is 0.491 e. The zero-order valence-corrected chi connectivity index (χ0v) is 19.5. The highest BCUT2D eigenvalue weighted by molar-refractivity contribution is 5.91. The molecule has 2 heterocycles. The van der Waals surface area contributed by atoms with E-state index >= 15 is 0 Å². The minimum atomic E-state index is -1.12. The van der Waals surface area contributed by atoms with Crippen LogP contribution in [0.25, 0.3) is 22.3 Å². The number of nitrogens with one attached hydrogen (secondary N) is 2. The van der Waals surface area contributed by atoms with Gasteiger partial charge in [-0.3, -0.25) is 19.7 Å². The molecule has 2 unspecified atom stereocenters. The Morgan fingerprint density at radius 2 is 2.06 bits per heavy atom. The number of carboxylic acids is 1. The molecule has 1 aliphatic rings. The molecular weight excluding hydrogens is 448 g/mol. The van der Waals surface area contributed by atoms with E-state index in [2.05, 4.69) is 16.6 Å². The van der Waals surface area contributed by atoms with Crippen LogP contribution in [0, 0.1) is 32.1 Å². The number of terminal acetylenes is 1. The van der Waals surface area contributed by atoms with Crippen molar-refractivity contribution in [1.29, 1.82) is 0 Å². The molecule has 0 spiro atoms. The van der Waals surface area contributed by atoms with E-state index in [1.807, 2.05) is 44.2 Å². The second kappa shape index (κ2) is 10.1. The Balaban J connectivity index is 1.38. The van der Waals surface area contributed by atoms with Gasteiger partial charge in [-0.25, -0.2) is 0 Å². The van der Waals surface area contributed by atoms with Crippen LogP contribution < -0.4 is 20.8 Å². The van der Waals surface area contributed by atoms with Gasteiger partial charge in [-0.1, -0.05) is 24.1 Å². The third kappa shape index (κ3) is 5.27. The standard InChI is InChI=1S/C27H26N2O6/c1-4-17(27(32)33)24-25(29-24)21(31)14-28-10-11-34-22-12-15(2)8-9-19(22)23-13-20(30)18-7-5-6-16(3)26(18)35-23/h1,5-9,12-13,17,24-25,28-29H,10-11,14H2,2-3H3,(H,32,33)/t17-,24?,25?/m1/s1. The molecule has 8 heteroatoms. The maximum absolute atomic E-state index is 12.7. The molecule has 1 saturated heterocycles. The van der Waals surface area contributed by atoms with Crippen molar-refractivity contribution >= 4 is 22.7 Å². The summed E-state index contributed by atoms with van der Waals surface area (Å²) in [5.41, 5.74) is 2.93. The summed E-state index contributed by atoms with van der Waals surface area (Å²) in [7, 11) is 0. The minimum Gasteiger partial charge on any atom is -0.491 e. The zero-order valence-electron chi connectivity index (χ0n) is 19.5. The van der Waals surface area contributed by atoms with Gasteiger partial charge in [-0.05, 0) is 43.2 Å². The van der Waals surface area contributed by atoms with Crippen LogP contribution in [-0.2, 0) is 9.59 Å². The molecule has 3 atom stereocenters.